The van der Waals surface area contributed by atoms with Gasteiger partial charge in [0.15, 0.2) is 11.6 Å². The normalized spacial score (nSPS) is 17.0. The van der Waals surface area contributed by atoms with Gasteiger partial charge in [0.1, 0.15) is 23.2 Å². The number of alkyl carbamates (subject to hydrolysis) is 1. The van der Waals surface area contributed by atoms with Crippen LogP contribution in [0.3, 0.4) is 0 Å². The lowest BCUT2D eigenvalue weighted by atomic mass is 9.78. The molecule has 5 rings (SSSR count). The van der Waals surface area contributed by atoms with E-state index in [0.717, 1.165) is 24.2 Å². The lowest BCUT2D eigenvalue weighted by Gasteiger charge is -2.36. The largest absolute Gasteiger partial charge is 0.490 e. The molecule has 1 N–H and O–H groups in total. The van der Waals surface area contributed by atoms with Crippen molar-refractivity contribution in [1.82, 2.24) is 30.5 Å². The SMILES string of the molecule is CC(C)(C)OC(=O)NC1CC(Oc2ccc(C(C)(C)c3ccc(Oc4cnnc(-n5nccn5)c4)cc3)cc2)C1. The van der Waals surface area contributed by atoms with E-state index in [0.29, 0.717) is 17.3 Å². The zero-order chi connectivity index (χ0) is 28.3. The molecule has 0 saturated heterocycles. The van der Waals surface area contributed by atoms with E-state index in [-0.39, 0.29) is 23.7 Å². The minimum atomic E-state index is -0.503. The Hall–Kier alpha value is -4.47. The quantitative estimate of drug-likeness (QED) is 0.306. The number of hydrogen-bond donors (Lipinski definition) is 1. The average Bonchev–Trinajstić information content (AvgIpc) is 3.42. The molecule has 2 aromatic heterocycles. The highest BCUT2D eigenvalue weighted by molar-refractivity contribution is 5.68. The number of nitrogens with one attached hydrogen (secondary N) is 1. The van der Waals surface area contributed by atoms with Crippen molar-refractivity contribution in [2.75, 3.05) is 0 Å². The monoisotopic (exact) mass is 542 g/mol. The van der Waals surface area contributed by atoms with E-state index >= 15 is 0 Å². The van der Waals surface area contributed by atoms with Gasteiger partial charge in [0, 0.05) is 30.4 Å². The second-order valence-corrected chi connectivity index (χ2v) is 11.4. The molecule has 1 aliphatic rings. The van der Waals surface area contributed by atoms with E-state index in [1.807, 2.05) is 45.0 Å². The van der Waals surface area contributed by atoms with Crippen LogP contribution < -0.4 is 14.8 Å². The van der Waals surface area contributed by atoms with Gasteiger partial charge < -0.3 is 19.5 Å². The van der Waals surface area contributed by atoms with Gasteiger partial charge in [0.2, 0.25) is 0 Å². The van der Waals surface area contributed by atoms with Crippen LogP contribution in [0.1, 0.15) is 58.6 Å². The number of aromatic nitrogens is 5. The first-order valence-corrected chi connectivity index (χ1v) is 13.3. The van der Waals surface area contributed by atoms with Crippen molar-refractivity contribution < 1.29 is 19.0 Å². The van der Waals surface area contributed by atoms with Crippen LogP contribution in [0, 0.1) is 0 Å². The number of ether oxygens (including phenoxy) is 3. The summed E-state index contributed by atoms with van der Waals surface area (Å²) in [5, 5.41) is 19.1. The van der Waals surface area contributed by atoms with Gasteiger partial charge in [-0.05, 0) is 56.2 Å². The van der Waals surface area contributed by atoms with Crippen molar-refractivity contribution >= 4 is 6.09 Å². The fourth-order valence-corrected chi connectivity index (χ4v) is 4.46. The molecule has 0 atom stereocenters. The van der Waals surface area contributed by atoms with Crippen molar-refractivity contribution in [2.45, 2.75) is 70.6 Å². The van der Waals surface area contributed by atoms with E-state index in [1.54, 1.807) is 24.7 Å². The van der Waals surface area contributed by atoms with Crippen LogP contribution >= 0.6 is 0 Å². The number of rotatable bonds is 8. The molecule has 1 saturated carbocycles. The van der Waals surface area contributed by atoms with Crippen molar-refractivity contribution in [2.24, 2.45) is 0 Å². The van der Waals surface area contributed by atoms with Crippen LogP contribution in [-0.2, 0) is 10.2 Å². The van der Waals surface area contributed by atoms with Crippen LogP contribution in [0.5, 0.6) is 17.2 Å². The summed E-state index contributed by atoms with van der Waals surface area (Å²) < 4.78 is 17.4. The van der Waals surface area contributed by atoms with Crippen molar-refractivity contribution in [1.29, 1.82) is 0 Å². The predicted molar refractivity (Wildman–Crippen MR) is 149 cm³/mol. The standard InChI is InChI=1S/C30H34N6O4/c1-29(2,3)40-28(37)34-22-16-25(17-22)38-23-10-6-20(7-11-23)30(4,5)21-8-12-24(13-9-21)39-26-18-27(35-31-19-26)36-32-14-15-33-36/h6-15,18-19,22,25H,16-17H2,1-5H3,(H,34,37). The van der Waals surface area contributed by atoms with Gasteiger partial charge in [-0.2, -0.15) is 15.3 Å². The van der Waals surface area contributed by atoms with Gasteiger partial charge in [0.05, 0.1) is 18.6 Å². The fourth-order valence-electron chi connectivity index (χ4n) is 4.46. The lowest BCUT2D eigenvalue weighted by molar-refractivity contribution is 0.0363. The summed E-state index contributed by atoms with van der Waals surface area (Å²) in [4.78, 5) is 13.3. The molecule has 0 radical (unpaired) electrons. The Balaban J connectivity index is 1.15. The number of amides is 1. The van der Waals surface area contributed by atoms with Gasteiger partial charge in [-0.1, -0.05) is 38.1 Å². The molecular formula is C30H34N6O4. The Morgan fingerprint density at radius 2 is 1.48 bits per heavy atom. The molecule has 4 aromatic rings. The molecule has 1 amide bonds. The van der Waals surface area contributed by atoms with Crippen molar-refractivity contribution in [3.63, 3.8) is 0 Å². The Morgan fingerprint density at radius 1 is 0.875 bits per heavy atom. The van der Waals surface area contributed by atoms with E-state index in [2.05, 4.69) is 63.8 Å². The summed E-state index contributed by atoms with van der Waals surface area (Å²) in [5.74, 6) is 2.53. The Kier molecular flexibility index (Phi) is 7.42. The molecule has 10 heteroatoms. The summed E-state index contributed by atoms with van der Waals surface area (Å²) in [6, 6.07) is 18.0. The highest BCUT2D eigenvalue weighted by atomic mass is 16.6. The van der Waals surface area contributed by atoms with Gasteiger partial charge in [-0.3, -0.25) is 0 Å². The van der Waals surface area contributed by atoms with Crippen LogP contribution in [0.25, 0.3) is 5.82 Å². The van der Waals surface area contributed by atoms with E-state index in [9.17, 15) is 4.79 Å². The molecule has 208 valence electrons. The summed E-state index contributed by atoms with van der Waals surface area (Å²) in [6.07, 6.45) is 5.93. The maximum atomic E-state index is 11.9. The number of benzene rings is 2. The number of nitrogens with zero attached hydrogens (tertiary/aromatic N) is 5. The van der Waals surface area contributed by atoms with Crippen LogP contribution in [0.2, 0.25) is 0 Å². The first kappa shape index (κ1) is 27.1. The van der Waals surface area contributed by atoms with Crippen molar-refractivity contribution in [3.8, 4) is 23.1 Å². The first-order chi connectivity index (χ1) is 19.0. The number of carbonyl (C=O) groups excluding carboxylic acids is 1. The Morgan fingerprint density at radius 3 is 2.08 bits per heavy atom. The third-order valence-electron chi connectivity index (χ3n) is 6.75. The molecule has 10 nitrogen and oxygen atoms in total. The zero-order valence-corrected chi connectivity index (χ0v) is 23.4. The third-order valence-corrected chi connectivity index (χ3v) is 6.75. The molecule has 0 spiro atoms. The third kappa shape index (κ3) is 6.56. The van der Waals surface area contributed by atoms with Gasteiger partial charge in [-0.15, -0.1) is 9.90 Å². The molecule has 1 aliphatic carbocycles. The van der Waals surface area contributed by atoms with Crippen LogP contribution in [0.4, 0.5) is 4.79 Å². The highest BCUT2D eigenvalue weighted by Gasteiger charge is 2.33. The number of hydrogen-bond acceptors (Lipinski definition) is 8. The smallest absolute Gasteiger partial charge is 0.407 e. The van der Waals surface area contributed by atoms with Gasteiger partial charge in [-0.25, -0.2) is 4.79 Å². The maximum absolute atomic E-state index is 11.9. The molecule has 0 unspecified atom stereocenters. The summed E-state index contributed by atoms with van der Waals surface area (Å²) >= 11 is 0. The Bertz CT molecular complexity index is 1420. The molecular weight excluding hydrogens is 508 g/mol. The summed E-state index contributed by atoms with van der Waals surface area (Å²) in [5.41, 5.74) is 1.59. The minimum Gasteiger partial charge on any atom is -0.490 e. The van der Waals surface area contributed by atoms with Gasteiger partial charge >= 0.3 is 6.09 Å². The van der Waals surface area contributed by atoms with Crippen LogP contribution in [-0.4, -0.2) is 49.0 Å². The summed E-state index contributed by atoms with van der Waals surface area (Å²) in [6.45, 7) is 9.94. The lowest BCUT2D eigenvalue weighted by Crippen LogP contribution is -2.50. The first-order valence-electron chi connectivity index (χ1n) is 13.3. The highest BCUT2D eigenvalue weighted by Crippen LogP contribution is 2.35. The molecule has 2 heterocycles. The average molecular weight is 543 g/mol. The topological polar surface area (TPSA) is 113 Å². The van der Waals surface area contributed by atoms with E-state index in [1.165, 1.54) is 10.4 Å². The zero-order valence-electron chi connectivity index (χ0n) is 23.4. The molecule has 1 fully saturated rings. The molecule has 40 heavy (non-hydrogen) atoms. The fraction of sp³-hybridized carbons (Fsp3) is 0.367. The molecule has 2 aromatic carbocycles. The van der Waals surface area contributed by atoms with Crippen LogP contribution in [0.15, 0.2) is 73.2 Å². The summed E-state index contributed by atoms with van der Waals surface area (Å²) in [7, 11) is 0. The Labute approximate surface area is 233 Å². The molecule has 0 bridgehead atoms. The van der Waals surface area contributed by atoms with E-state index in [4.69, 9.17) is 14.2 Å². The van der Waals surface area contributed by atoms with Crippen molar-refractivity contribution in [3.05, 3.63) is 84.3 Å². The van der Waals surface area contributed by atoms with Gasteiger partial charge in [0.25, 0.3) is 0 Å². The maximum Gasteiger partial charge on any atom is 0.407 e. The second-order valence-electron chi connectivity index (χ2n) is 11.4. The number of carbonyl (C=O) groups is 1. The molecule has 0 aliphatic heterocycles. The second kappa shape index (κ2) is 11.0. The van der Waals surface area contributed by atoms with E-state index < -0.39 is 5.60 Å². The predicted octanol–water partition coefficient (Wildman–Crippen LogP) is 5.61. The minimum absolute atomic E-state index is 0.0776.